The van der Waals surface area contributed by atoms with Gasteiger partial charge >= 0.3 is 0 Å². The summed E-state index contributed by atoms with van der Waals surface area (Å²) in [6.07, 6.45) is 0. The fourth-order valence-corrected chi connectivity index (χ4v) is 4.01. The summed E-state index contributed by atoms with van der Waals surface area (Å²) in [4.78, 5) is 25.2. The molecule has 0 amide bonds. The van der Waals surface area contributed by atoms with Crippen LogP contribution in [0.2, 0.25) is 0 Å². The Bertz CT molecular complexity index is 1140. The summed E-state index contributed by atoms with van der Waals surface area (Å²) < 4.78 is 1.71. The maximum atomic E-state index is 13.1. The Balaban J connectivity index is 1.65. The van der Waals surface area contributed by atoms with Crippen LogP contribution in [0.5, 0.6) is 0 Å². The molecule has 1 atom stereocenters. The molecule has 0 radical (unpaired) electrons. The molecule has 3 heterocycles. The molecule has 0 aliphatic heterocycles. The van der Waals surface area contributed by atoms with Gasteiger partial charge in [0.25, 0.3) is 5.78 Å². The number of ketones is 1. The number of carbonyl (C=O) groups excluding carboxylic acids is 1. The lowest BCUT2D eigenvalue weighted by atomic mass is 10.1. The van der Waals surface area contributed by atoms with E-state index in [1.165, 1.54) is 11.8 Å². The van der Waals surface area contributed by atoms with Crippen LogP contribution in [0.1, 0.15) is 34.4 Å². The Hall–Kier alpha value is -2.67. The fraction of sp³-hybridized carbons (Fsp3) is 0.263. The van der Waals surface area contributed by atoms with E-state index in [0.717, 1.165) is 33.5 Å². The summed E-state index contributed by atoms with van der Waals surface area (Å²) in [5, 5.41) is 5.71. The van der Waals surface area contributed by atoms with Crippen LogP contribution in [0, 0.1) is 20.8 Å². The topological polar surface area (TPSA) is 75.9 Å². The van der Waals surface area contributed by atoms with E-state index in [9.17, 15) is 4.79 Å². The molecule has 6 nitrogen and oxygen atoms in total. The second-order valence-corrected chi connectivity index (χ2v) is 7.75. The van der Waals surface area contributed by atoms with Gasteiger partial charge in [-0.2, -0.15) is 4.98 Å². The molecule has 7 heteroatoms. The highest BCUT2D eigenvalue weighted by Gasteiger charge is 2.24. The van der Waals surface area contributed by atoms with Gasteiger partial charge in [-0.15, -0.1) is 5.10 Å². The Morgan fingerprint density at radius 2 is 1.96 bits per heavy atom. The van der Waals surface area contributed by atoms with Gasteiger partial charge in [0.2, 0.25) is 5.16 Å². The minimum Gasteiger partial charge on any atom is -0.358 e. The van der Waals surface area contributed by atoms with Crippen molar-refractivity contribution in [2.45, 2.75) is 38.1 Å². The van der Waals surface area contributed by atoms with Gasteiger partial charge in [0.15, 0.2) is 5.78 Å². The van der Waals surface area contributed by atoms with Crippen LogP contribution in [0.15, 0.2) is 35.5 Å². The van der Waals surface area contributed by atoms with E-state index in [0.29, 0.717) is 10.9 Å². The van der Waals surface area contributed by atoms with Crippen molar-refractivity contribution in [1.82, 2.24) is 24.6 Å². The van der Waals surface area contributed by atoms with Gasteiger partial charge in [-0.25, -0.2) is 9.50 Å². The van der Waals surface area contributed by atoms with E-state index in [4.69, 9.17) is 0 Å². The van der Waals surface area contributed by atoms with Crippen LogP contribution < -0.4 is 0 Å². The summed E-state index contributed by atoms with van der Waals surface area (Å²) in [6, 6.07) is 9.83. The van der Waals surface area contributed by atoms with Crippen LogP contribution in [-0.4, -0.2) is 35.6 Å². The molecule has 4 aromatic rings. The number of para-hydroxylation sites is 1. The molecule has 4 rings (SSSR count). The van der Waals surface area contributed by atoms with Crippen molar-refractivity contribution in [2.75, 3.05) is 0 Å². The number of hydrogen-bond acceptors (Lipinski definition) is 5. The number of H-pyrrole nitrogens is 1. The number of aromatic nitrogens is 5. The van der Waals surface area contributed by atoms with Crippen molar-refractivity contribution < 1.29 is 4.79 Å². The van der Waals surface area contributed by atoms with Gasteiger partial charge < -0.3 is 4.98 Å². The van der Waals surface area contributed by atoms with Crippen molar-refractivity contribution >= 4 is 34.2 Å². The quantitative estimate of drug-likeness (QED) is 0.438. The number of aryl methyl sites for hydroxylation is 3. The second-order valence-electron chi connectivity index (χ2n) is 6.44. The van der Waals surface area contributed by atoms with E-state index >= 15 is 0 Å². The average Bonchev–Trinajstić information content (AvgIpc) is 3.13. The van der Waals surface area contributed by atoms with Crippen LogP contribution in [0.3, 0.4) is 0 Å². The highest BCUT2D eigenvalue weighted by molar-refractivity contribution is 8.00. The third-order valence-corrected chi connectivity index (χ3v) is 5.34. The monoisotopic (exact) mass is 365 g/mol. The van der Waals surface area contributed by atoms with E-state index in [1.807, 2.05) is 58.0 Å². The molecule has 0 saturated heterocycles. The molecule has 0 bridgehead atoms. The van der Waals surface area contributed by atoms with Crippen molar-refractivity contribution in [3.05, 3.63) is 53.0 Å². The van der Waals surface area contributed by atoms with Crippen LogP contribution in [-0.2, 0) is 0 Å². The summed E-state index contributed by atoms with van der Waals surface area (Å²) in [5.41, 5.74) is 4.48. The Morgan fingerprint density at radius 3 is 2.77 bits per heavy atom. The number of nitrogens with zero attached hydrogens (tertiary/aromatic N) is 4. The highest BCUT2D eigenvalue weighted by Crippen LogP contribution is 2.28. The Kier molecular flexibility index (Phi) is 4.03. The highest BCUT2D eigenvalue weighted by atomic mass is 32.2. The predicted molar refractivity (Wildman–Crippen MR) is 103 cm³/mol. The normalized spacial score (nSPS) is 12.8. The summed E-state index contributed by atoms with van der Waals surface area (Å²) >= 11 is 1.36. The molecule has 0 fully saturated rings. The first kappa shape index (κ1) is 16.8. The average molecular weight is 365 g/mol. The molecule has 0 saturated carbocycles. The third kappa shape index (κ3) is 2.78. The molecule has 1 N–H and O–H groups in total. The largest absolute Gasteiger partial charge is 0.358 e. The first-order valence-electron chi connectivity index (χ1n) is 8.43. The summed E-state index contributed by atoms with van der Waals surface area (Å²) in [7, 11) is 0. The van der Waals surface area contributed by atoms with Crippen molar-refractivity contribution in [1.29, 1.82) is 0 Å². The molecular weight excluding hydrogens is 346 g/mol. The molecule has 132 valence electrons. The predicted octanol–water partition coefficient (Wildman–Crippen LogP) is 3.89. The first-order valence-corrected chi connectivity index (χ1v) is 9.31. The molecule has 0 aliphatic carbocycles. The fourth-order valence-electron chi connectivity index (χ4n) is 3.21. The van der Waals surface area contributed by atoms with Crippen LogP contribution >= 0.6 is 11.8 Å². The number of carbonyl (C=O) groups is 1. The van der Waals surface area contributed by atoms with Gasteiger partial charge in [-0.05, 0) is 39.8 Å². The summed E-state index contributed by atoms with van der Waals surface area (Å²) in [5.74, 6) is 0.637. The second kappa shape index (κ2) is 6.25. The van der Waals surface area contributed by atoms with Crippen molar-refractivity contribution in [3.63, 3.8) is 0 Å². The standard InChI is InChI=1S/C19H19N5OS/c1-10-9-11(2)24-18(20-10)22-19(23-24)26-13(4)17(25)16-12(3)21-15-8-6-5-7-14(15)16/h5-9,13,21H,1-4H3/t13-/m0/s1. The number of thioether (sulfide) groups is 1. The molecule has 1 aromatic carbocycles. The Morgan fingerprint density at radius 1 is 1.19 bits per heavy atom. The Labute approximate surface area is 155 Å². The van der Waals surface area contributed by atoms with E-state index in [1.54, 1.807) is 4.52 Å². The number of hydrogen-bond donors (Lipinski definition) is 1. The minimum absolute atomic E-state index is 0.0738. The van der Waals surface area contributed by atoms with Gasteiger partial charge in [0.05, 0.1) is 5.25 Å². The number of benzene rings is 1. The number of rotatable bonds is 4. The van der Waals surface area contributed by atoms with Gasteiger partial charge in [-0.1, -0.05) is 30.0 Å². The summed E-state index contributed by atoms with van der Waals surface area (Å²) in [6.45, 7) is 7.73. The number of nitrogens with one attached hydrogen (secondary N) is 1. The lowest BCUT2D eigenvalue weighted by molar-refractivity contribution is 0.0995. The number of Topliss-reactive ketones (excluding diaryl/α,β-unsaturated/α-hetero) is 1. The molecule has 3 aromatic heterocycles. The maximum absolute atomic E-state index is 13.1. The van der Waals surface area contributed by atoms with Crippen molar-refractivity contribution in [2.24, 2.45) is 0 Å². The van der Waals surface area contributed by atoms with Crippen molar-refractivity contribution in [3.8, 4) is 0 Å². The molecular formula is C19H19N5OS. The lowest BCUT2D eigenvalue weighted by Gasteiger charge is -2.08. The van der Waals surface area contributed by atoms with Gasteiger partial charge in [-0.3, -0.25) is 4.79 Å². The number of fused-ring (bicyclic) bond motifs is 2. The van der Waals surface area contributed by atoms with Crippen LogP contribution in [0.25, 0.3) is 16.7 Å². The van der Waals surface area contributed by atoms with Gasteiger partial charge in [0, 0.05) is 33.5 Å². The van der Waals surface area contributed by atoms with E-state index in [2.05, 4.69) is 20.1 Å². The first-order chi connectivity index (χ1) is 12.4. The maximum Gasteiger partial charge on any atom is 0.253 e. The molecule has 26 heavy (non-hydrogen) atoms. The third-order valence-electron chi connectivity index (χ3n) is 4.39. The zero-order chi connectivity index (χ0) is 18.4. The zero-order valence-corrected chi connectivity index (χ0v) is 15.9. The molecule has 0 unspecified atom stereocenters. The number of aromatic amines is 1. The van der Waals surface area contributed by atoms with E-state index in [-0.39, 0.29) is 11.0 Å². The van der Waals surface area contributed by atoms with Crippen LogP contribution in [0.4, 0.5) is 0 Å². The zero-order valence-electron chi connectivity index (χ0n) is 15.1. The molecule has 0 spiro atoms. The molecule has 0 aliphatic rings. The smallest absolute Gasteiger partial charge is 0.253 e. The van der Waals surface area contributed by atoms with E-state index < -0.39 is 0 Å². The SMILES string of the molecule is Cc1cc(C)n2nc(S[C@@H](C)C(=O)c3c(C)[nH]c4ccccc34)nc2n1. The minimum atomic E-state index is -0.299. The lowest BCUT2D eigenvalue weighted by Crippen LogP contribution is -2.14. The van der Waals surface area contributed by atoms with Gasteiger partial charge in [0.1, 0.15) is 0 Å².